The van der Waals surface area contributed by atoms with E-state index in [1.54, 1.807) is 0 Å². The zero-order chi connectivity index (χ0) is 22.2. The van der Waals surface area contributed by atoms with E-state index in [0.717, 1.165) is 43.6 Å². The molecule has 0 saturated heterocycles. The second-order valence-corrected chi connectivity index (χ2v) is 8.84. The molecule has 4 rings (SSSR count). The molecule has 4 heteroatoms. The molecule has 168 valence electrons. The predicted molar refractivity (Wildman–Crippen MR) is 135 cm³/mol. The molecule has 0 radical (unpaired) electrons. The summed E-state index contributed by atoms with van der Waals surface area (Å²) in [5, 5.41) is 4.29. The van der Waals surface area contributed by atoms with Crippen LogP contribution >= 0.6 is 0 Å². The number of hydrogen-bond donors (Lipinski definition) is 2. The molecular weight excluding hydrogens is 394 g/mol. The molecule has 0 atom stereocenters. The van der Waals surface area contributed by atoms with Crippen LogP contribution in [0.25, 0.3) is 16.5 Å². The first-order chi connectivity index (χ1) is 15.7. The van der Waals surface area contributed by atoms with E-state index in [0.29, 0.717) is 6.42 Å². The third-order valence-corrected chi connectivity index (χ3v) is 6.39. The van der Waals surface area contributed by atoms with Gasteiger partial charge in [-0.2, -0.15) is 0 Å². The highest BCUT2D eigenvalue weighted by Crippen LogP contribution is 2.31. The summed E-state index contributed by atoms with van der Waals surface area (Å²) in [7, 11) is 0. The van der Waals surface area contributed by atoms with Crippen molar-refractivity contribution in [3.8, 4) is 0 Å². The van der Waals surface area contributed by atoms with Crippen LogP contribution in [0.15, 0.2) is 60.8 Å². The lowest BCUT2D eigenvalue weighted by Gasteiger charge is -2.26. The van der Waals surface area contributed by atoms with Gasteiger partial charge in [0, 0.05) is 47.9 Å². The fourth-order valence-electron chi connectivity index (χ4n) is 4.53. The number of rotatable bonds is 10. The Hall–Kier alpha value is -2.85. The van der Waals surface area contributed by atoms with Crippen LogP contribution in [0, 0.1) is 0 Å². The summed E-state index contributed by atoms with van der Waals surface area (Å²) in [5.74, 6) is 0.0805. The van der Waals surface area contributed by atoms with Crippen molar-refractivity contribution in [3.63, 3.8) is 0 Å². The standard InChI is InChI=1S/C28H35N3O/c1-2-3-7-17-31-18-15-23(16-19-31)26-21-29-27-14-13-24(20-25(26)27)30-28(32)12-8-11-22-9-5-4-6-10-22/h4-6,9-10,13-15,20-21,29H,2-3,7-8,11-12,16-19H2,1H3,(H,30,32). The summed E-state index contributed by atoms with van der Waals surface area (Å²) in [4.78, 5) is 18.4. The van der Waals surface area contributed by atoms with Gasteiger partial charge in [-0.15, -0.1) is 0 Å². The molecule has 4 nitrogen and oxygen atoms in total. The summed E-state index contributed by atoms with van der Waals surface area (Å²) in [6.07, 6.45) is 11.8. The number of benzene rings is 2. The van der Waals surface area contributed by atoms with E-state index in [9.17, 15) is 4.79 Å². The molecule has 32 heavy (non-hydrogen) atoms. The number of anilines is 1. The minimum atomic E-state index is 0.0805. The molecule has 1 aliphatic rings. The number of fused-ring (bicyclic) bond motifs is 1. The number of aromatic amines is 1. The van der Waals surface area contributed by atoms with Gasteiger partial charge in [0.2, 0.25) is 5.91 Å². The number of hydrogen-bond acceptors (Lipinski definition) is 2. The summed E-state index contributed by atoms with van der Waals surface area (Å²) < 4.78 is 0. The third-order valence-electron chi connectivity index (χ3n) is 6.39. The maximum absolute atomic E-state index is 12.5. The summed E-state index contributed by atoms with van der Waals surface area (Å²) in [6.45, 7) is 5.61. The van der Waals surface area contributed by atoms with E-state index in [1.165, 1.54) is 47.9 Å². The number of H-pyrrole nitrogens is 1. The first-order valence-electron chi connectivity index (χ1n) is 12.1. The Labute approximate surface area is 191 Å². The minimum absolute atomic E-state index is 0.0805. The Morgan fingerprint density at radius 3 is 2.75 bits per heavy atom. The molecule has 3 aromatic rings. The molecule has 2 heterocycles. The maximum Gasteiger partial charge on any atom is 0.224 e. The van der Waals surface area contributed by atoms with Gasteiger partial charge in [0.25, 0.3) is 0 Å². The van der Waals surface area contributed by atoms with Crippen LogP contribution < -0.4 is 5.32 Å². The van der Waals surface area contributed by atoms with E-state index in [4.69, 9.17) is 0 Å². The fourth-order valence-corrected chi connectivity index (χ4v) is 4.53. The normalized spacial score (nSPS) is 14.5. The van der Waals surface area contributed by atoms with Gasteiger partial charge in [-0.3, -0.25) is 9.69 Å². The lowest BCUT2D eigenvalue weighted by molar-refractivity contribution is -0.116. The van der Waals surface area contributed by atoms with Gasteiger partial charge in [-0.1, -0.05) is 56.2 Å². The molecule has 0 spiro atoms. The van der Waals surface area contributed by atoms with Crippen LogP contribution in [0.1, 0.15) is 56.6 Å². The molecule has 1 aromatic heterocycles. The van der Waals surface area contributed by atoms with Crippen molar-refractivity contribution in [3.05, 3.63) is 71.9 Å². The Morgan fingerprint density at radius 1 is 1.09 bits per heavy atom. The molecule has 0 unspecified atom stereocenters. The van der Waals surface area contributed by atoms with Crippen LogP contribution in [0.3, 0.4) is 0 Å². The minimum Gasteiger partial charge on any atom is -0.361 e. The van der Waals surface area contributed by atoms with E-state index < -0.39 is 0 Å². The number of amides is 1. The van der Waals surface area contributed by atoms with E-state index >= 15 is 0 Å². The highest BCUT2D eigenvalue weighted by atomic mass is 16.1. The SMILES string of the molecule is CCCCCN1CC=C(c2c[nH]c3ccc(NC(=O)CCCc4ccccc4)cc23)CC1. The number of nitrogens with zero attached hydrogens (tertiary/aromatic N) is 1. The van der Waals surface area contributed by atoms with Crippen molar-refractivity contribution in [1.29, 1.82) is 0 Å². The highest BCUT2D eigenvalue weighted by Gasteiger charge is 2.16. The smallest absolute Gasteiger partial charge is 0.224 e. The first kappa shape index (κ1) is 22.3. The van der Waals surface area contributed by atoms with Gasteiger partial charge >= 0.3 is 0 Å². The molecule has 0 saturated carbocycles. The molecule has 1 aliphatic heterocycles. The third kappa shape index (κ3) is 5.89. The van der Waals surface area contributed by atoms with Crippen molar-refractivity contribution in [2.45, 2.75) is 51.9 Å². The number of carbonyl (C=O) groups excluding carboxylic acids is 1. The molecule has 0 aliphatic carbocycles. The molecule has 1 amide bonds. The topological polar surface area (TPSA) is 48.1 Å². The number of carbonyl (C=O) groups is 1. The van der Waals surface area contributed by atoms with Crippen molar-refractivity contribution in [1.82, 2.24) is 9.88 Å². The molecule has 2 aromatic carbocycles. The monoisotopic (exact) mass is 429 g/mol. The Morgan fingerprint density at radius 2 is 1.97 bits per heavy atom. The zero-order valence-corrected chi connectivity index (χ0v) is 19.2. The van der Waals surface area contributed by atoms with Crippen LogP contribution in [-0.2, 0) is 11.2 Å². The lowest BCUT2D eigenvalue weighted by Crippen LogP contribution is -2.29. The van der Waals surface area contributed by atoms with Crippen LogP contribution in [0.5, 0.6) is 0 Å². The second-order valence-electron chi connectivity index (χ2n) is 8.84. The summed E-state index contributed by atoms with van der Waals surface area (Å²) in [5.41, 5.74) is 5.96. The van der Waals surface area contributed by atoms with Gasteiger partial charge in [-0.05, 0) is 61.6 Å². The quantitative estimate of drug-likeness (QED) is 0.366. The van der Waals surface area contributed by atoms with E-state index in [1.807, 2.05) is 24.3 Å². The lowest BCUT2D eigenvalue weighted by atomic mass is 9.98. The van der Waals surface area contributed by atoms with Gasteiger partial charge < -0.3 is 10.3 Å². The number of aromatic nitrogens is 1. The Kier molecular flexibility index (Phi) is 7.78. The predicted octanol–water partition coefficient (Wildman–Crippen LogP) is 6.41. The Balaban J connectivity index is 1.36. The Bertz CT molecular complexity index is 1050. The van der Waals surface area contributed by atoms with E-state index in [-0.39, 0.29) is 5.91 Å². The number of aryl methyl sites for hydroxylation is 1. The van der Waals surface area contributed by atoms with Crippen molar-refractivity contribution in [2.75, 3.05) is 25.0 Å². The molecule has 0 fully saturated rings. The largest absolute Gasteiger partial charge is 0.361 e. The average Bonchev–Trinajstić information content (AvgIpc) is 3.24. The second kappa shape index (κ2) is 11.1. The van der Waals surface area contributed by atoms with Gasteiger partial charge in [0.15, 0.2) is 0 Å². The van der Waals surface area contributed by atoms with Crippen molar-refractivity contribution in [2.24, 2.45) is 0 Å². The van der Waals surface area contributed by atoms with E-state index in [2.05, 4.69) is 58.7 Å². The fraction of sp³-hybridized carbons (Fsp3) is 0.393. The van der Waals surface area contributed by atoms with Crippen molar-refractivity contribution >= 4 is 28.1 Å². The first-order valence-corrected chi connectivity index (χ1v) is 12.1. The van der Waals surface area contributed by atoms with Gasteiger partial charge in [0.1, 0.15) is 0 Å². The molecular formula is C28H35N3O. The zero-order valence-electron chi connectivity index (χ0n) is 19.2. The number of nitrogens with one attached hydrogen (secondary N) is 2. The molecule has 0 bridgehead atoms. The van der Waals surface area contributed by atoms with Crippen LogP contribution in [0.2, 0.25) is 0 Å². The van der Waals surface area contributed by atoms with Gasteiger partial charge in [0.05, 0.1) is 0 Å². The average molecular weight is 430 g/mol. The molecule has 2 N–H and O–H groups in total. The van der Waals surface area contributed by atoms with Crippen LogP contribution in [0.4, 0.5) is 5.69 Å². The van der Waals surface area contributed by atoms with Crippen molar-refractivity contribution < 1.29 is 4.79 Å². The van der Waals surface area contributed by atoms with Crippen LogP contribution in [-0.4, -0.2) is 35.4 Å². The summed E-state index contributed by atoms with van der Waals surface area (Å²) >= 11 is 0. The van der Waals surface area contributed by atoms with Gasteiger partial charge in [-0.25, -0.2) is 0 Å². The number of unbranched alkanes of at least 4 members (excludes halogenated alkanes) is 2. The maximum atomic E-state index is 12.5. The summed E-state index contributed by atoms with van der Waals surface area (Å²) in [6, 6.07) is 16.5. The highest BCUT2D eigenvalue weighted by molar-refractivity contribution is 5.98.